The van der Waals surface area contributed by atoms with Gasteiger partial charge in [0.15, 0.2) is 11.4 Å². The fraction of sp³-hybridized carbons (Fsp3) is 0.400. The van der Waals surface area contributed by atoms with Crippen LogP contribution in [0.2, 0.25) is 0 Å². The van der Waals surface area contributed by atoms with Crippen molar-refractivity contribution in [3.8, 4) is 23.3 Å². The van der Waals surface area contributed by atoms with Gasteiger partial charge in [0.1, 0.15) is 28.9 Å². The predicted molar refractivity (Wildman–Crippen MR) is 145 cm³/mol. The zero-order chi connectivity index (χ0) is 27.9. The van der Waals surface area contributed by atoms with Crippen LogP contribution in [-0.4, -0.2) is 34.1 Å². The van der Waals surface area contributed by atoms with Gasteiger partial charge in [-0.1, -0.05) is 44.9 Å². The van der Waals surface area contributed by atoms with Gasteiger partial charge in [-0.2, -0.15) is 5.26 Å². The number of nitrogens with zero attached hydrogens (tertiary/aromatic N) is 2. The molecule has 8 nitrogen and oxygen atoms in total. The molecule has 0 radical (unpaired) electrons. The van der Waals surface area contributed by atoms with Crippen LogP contribution in [-0.2, 0) is 9.53 Å². The van der Waals surface area contributed by atoms with Crippen molar-refractivity contribution in [2.75, 3.05) is 6.54 Å². The summed E-state index contributed by atoms with van der Waals surface area (Å²) in [7, 11) is 0. The lowest BCUT2D eigenvalue weighted by Gasteiger charge is -2.34. The highest BCUT2D eigenvalue weighted by Gasteiger charge is 2.40. The molecule has 0 spiro atoms. The highest BCUT2D eigenvalue weighted by molar-refractivity contribution is 6.03. The number of carbonyl (C=O) groups is 2. The fourth-order valence-electron chi connectivity index (χ4n) is 4.46. The maximum atomic E-state index is 13.2. The standard InChI is InChI=1S/C30H35N3O5/c1-6-15-30(16-7-2,28(36)38-29(3,4)5)19-32-27(35)25-26(34)22-14-13-21(17-23(22)24(18-31)33-25)37-20-11-9-8-10-12-20/h8-14,17,34H,6-7,15-16,19H2,1-5H3,(H,32,35). The van der Waals surface area contributed by atoms with Crippen LogP contribution in [0.4, 0.5) is 0 Å². The molecule has 1 heterocycles. The van der Waals surface area contributed by atoms with Crippen LogP contribution < -0.4 is 10.1 Å². The Morgan fingerprint density at radius 2 is 1.66 bits per heavy atom. The van der Waals surface area contributed by atoms with Gasteiger partial charge in [-0.05, 0) is 63.9 Å². The second-order valence-corrected chi connectivity index (χ2v) is 10.4. The summed E-state index contributed by atoms with van der Waals surface area (Å²) in [6.45, 7) is 9.40. The van der Waals surface area contributed by atoms with Gasteiger partial charge in [0.05, 0.1) is 5.41 Å². The summed E-state index contributed by atoms with van der Waals surface area (Å²) in [6.07, 6.45) is 2.50. The van der Waals surface area contributed by atoms with E-state index in [1.807, 2.05) is 58.9 Å². The minimum Gasteiger partial charge on any atom is -0.505 e. The molecule has 0 saturated heterocycles. The lowest BCUT2D eigenvalue weighted by molar-refractivity contribution is -0.168. The van der Waals surface area contributed by atoms with Crippen LogP contribution in [0.5, 0.6) is 17.2 Å². The second kappa shape index (κ2) is 12.0. The highest BCUT2D eigenvalue weighted by Crippen LogP contribution is 2.35. The number of hydrogen-bond donors (Lipinski definition) is 2. The third-order valence-corrected chi connectivity index (χ3v) is 6.13. The molecule has 0 aliphatic rings. The SMILES string of the molecule is CCCC(CCC)(CNC(=O)c1nc(C#N)c2cc(Oc3ccccc3)ccc2c1O)C(=O)OC(C)(C)C. The minimum absolute atomic E-state index is 0.0212. The van der Waals surface area contributed by atoms with Crippen molar-refractivity contribution in [2.24, 2.45) is 5.41 Å². The largest absolute Gasteiger partial charge is 0.505 e. The molecule has 1 amide bonds. The molecular weight excluding hydrogens is 482 g/mol. The number of esters is 1. The lowest BCUT2D eigenvalue weighted by Crippen LogP contribution is -2.46. The predicted octanol–water partition coefficient (Wildman–Crippen LogP) is 6.26. The van der Waals surface area contributed by atoms with Crippen molar-refractivity contribution in [1.82, 2.24) is 10.3 Å². The van der Waals surface area contributed by atoms with Gasteiger partial charge in [0, 0.05) is 17.3 Å². The van der Waals surface area contributed by atoms with E-state index in [9.17, 15) is 20.0 Å². The van der Waals surface area contributed by atoms with Gasteiger partial charge in [-0.15, -0.1) is 0 Å². The Bertz CT molecular complexity index is 1330. The number of rotatable bonds is 10. The molecule has 0 atom stereocenters. The molecule has 2 aromatic carbocycles. The fourth-order valence-corrected chi connectivity index (χ4v) is 4.46. The molecule has 200 valence electrons. The van der Waals surface area contributed by atoms with Crippen LogP contribution in [0, 0.1) is 16.7 Å². The molecule has 2 N–H and O–H groups in total. The van der Waals surface area contributed by atoms with Crippen molar-refractivity contribution in [3.05, 3.63) is 59.9 Å². The van der Waals surface area contributed by atoms with E-state index in [0.717, 1.165) is 12.8 Å². The van der Waals surface area contributed by atoms with Gasteiger partial charge in [-0.25, -0.2) is 4.98 Å². The van der Waals surface area contributed by atoms with E-state index in [2.05, 4.69) is 10.3 Å². The Morgan fingerprint density at radius 1 is 1.00 bits per heavy atom. The van der Waals surface area contributed by atoms with E-state index in [-0.39, 0.29) is 29.7 Å². The lowest BCUT2D eigenvalue weighted by atomic mass is 9.78. The molecule has 0 aliphatic carbocycles. The molecule has 0 saturated carbocycles. The van der Waals surface area contributed by atoms with Gasteiger partial charge in [-0.3, -0.25) is 9.59 Å². The summed E-state index contributed by atoms with van der Waals surface area (Å²) in [5, 5.41) is 24.2. The number of nitriles is 1. The normalized spacial score (nSPS) is 11.6. The average Bonchev–Trinajstić information content (AvgIpc) is 2.87. The Morgan fingerprint density at radius 3 is 2.24 bits per heavy atom. The molecule has 3 rings (SSSR count). The number of nitrogens with one attached hydrogen (secondary N) is 1. The number of para-hydroxylation sites is 1. The first kappa shape index (κ1) is 28.5. The molecule has 38 heavy (non-hydrogen) atoms. The number of benzene rings is 2. The summed E-state index contributed by atoms with van der Waals surface area (Å²) < 4.78 is 11.5. The number of ether oxygens (including phenoxy) is 2. The number of aromatic nitrogens is 1. The van der Waals surface area contributed by atoms with E-state index in [1.165, 1.54) is 0 Å². The summed E-state index contributed by atoms with van der Waals surface area (Å²) in [5.41, 5.74) is -1.89. The van der Waals surface area contributed by atoms with Crippen molar-refractivity contribution >= 4 is 22.6 Å². The number of amides is 1. The van der Waals surface area contributed by atoms with Crippen molar-refractivity contribution in [2.45, 2.75) is 65.9 Å². The number of pyridine rings is 1. The zero-order valence-corrected chi connectivity index (χ0v) is 22.6. The molecular formula is C30H35N3O5. The topological polar surface area (TPSA) is 122 Å². The number of carbonyl (C=O) groups excluding carboxylic acids is 2. The van der Waals surface area contributed by atoms with E-state index >= 15 is 0 Å². The first-order chi connectivity index (χ1) is 18.0. The van der Waals surface area contributed by atoms with Crippen LogP contribution >= 0.6 is 0 Å². The van der Waals surface area contributed by atoms with Crippen molar-refractivity contribution in [3.63, 3.8) is 0 Å². The first-order valence-electron chi connectivity index (χ1n) is 12.8. The smallest absolute Gasteiger partial charge is 0.314 e. The van der Waals surface area contributed by atoms with Crippen LogP contribution in [0.1, 0.15) is 76.5 Å². The molecule has 1 aromatic heterocycles. The Kier molecular flexibility index (Phi) is 8.95. The zero-order valence-electron chi connectivity index (χ0n) is 22.6. The van der Waals surface area contributed by atoms with Crippen LogP contribution in [0.25, 0.3) is 10.8 Å². The van der Waals surface area contributed by atoms with E-state index < -0.39 is 16.9 Å². The molecule has 3 aromatic rings. The number of fused-ring (bicyclic) bond motifs is 1. The molecule has 8 heteroatoms. The Balaban J connectivity index is 1.92. The third-order valence-electron chi connectivity index (χ3n) is 6.13. The quantitative estimate of drug-likeness (QED) is 0.304. The molecule has 0 fully saturated rings. The van der Waals surface area contributed by atoms with E-state index in [4.69, 9.17) is 9.47 Å². The van der Waals surface area contributed by atoms with E-state index in [0.29, 0.717) is 35.1 Å². The summed E-state index contributed by atoms with van der Waals surface area (Å²) >= 11 is 0. The van der Waals surface area contributed by atoms with Crippen molar-refractivity contribution < 1.29 is 24.2 Å². The van der Waals surface area contributed by atoms with Crippen LogP contribution in [0.3, 0.4) is 0 Å². The molecule has 0 unspecified atom stereocenters. The van der Waals surface area contributed by atoms with Crippen molar-refractivity contribution in [1.29, 1.82) is 5.26 Å². The average molecular weight is 518 g/mol. The minimum atomic E-state index is -0.916. The van der Waals surface area contributed by atoms with Gasteiger partial charge in [0.2, 0.25) is 0 Å². The summed E-state index contributed by atoms with van der Waals surface area (Å²) in [5.74, 6) is -0.318. The highest BCUT2D eigenvalue weighted by atomic mass is 16.6. The third kappa shape index (κ3) is 6.60. The van der Waals surface area contributed by atoms with Gasteiger partial charge >= 0.3 is 5.97 Å². The Labute approximate surface area is 223 Å². The van der Waals surface area contributed by atoms with Gasteiger partial charge in [0.25, 0.3) is 5.91 Å². The molecule has 0 bridgehead atoms. The molecule has 0 aliphatic heterocycles. The van der Waals surface area contributed by atoms with E-state index in [1.54, 1.807) is 30.3 Å². The number of hydrogen-bond acceptors (Lipinski definition) is 7. The maximum Gasteiger partial charge on any atom is 0.314 e. The van der Waals surface area contributed by atoms with Crippen LogP contribution in [0.15, 0.2) is 48.5 Å². The van der Waals surface area contributed by atoms with Gasteiger partial charge < -0.3 is 19.9 Å². The number of aromatic hydroxyl groups is 1. The summed E-state index contributed by atoms with van der Waals surface area (Å²) in [4.78, 5) is 30.6. The Hall–Kier alpha value is -4.12. The monoisotopic (exact) mass is 517 g/mol. The first-order valence-corrected chi connectivity index (χ1v) is 12.8. The second-order valence-electron chi connectivity index (χ2n) is 10.4. The maximum absolute atomic E-state index is 13.2. The summed E-state index contributed by atoms with van der Waals surface area (Å²) in [6, 6.07) is 16.0.